The summed E-state index contributed by atoms with van der Waals surface area (Å²) in [5.74, 6) is -0.885. The number of nitrogens with zero attached hydrogens (tertiary/aromatic N) is 2. The minimum absolute atomic E-state index is 0.0926. The van der Waals surface area contributed by atoms with E-state index >= 15 is 0 Å². The number of carboxylic acid groups (broad SMARTS) is 1. The highest BCUT2D eigenvalue weighted by Gasteiger charge is 2.23. The molecular weight excluding hydrogens is 254 g/mol. The number of nitrogens with one attached hydrogen (secondary N) is 1. The second-order valence-corrected chi connectivity index (χ2v) is 4.91. The highest BCUT2D eigenvalue weighted by atomic mass is 16.4. The molecule has 0 bridgehead atoms. The lowest BCUT2D eigenvalue weighted by molar-refractivity contribution is -0.139. The molecule has 1 aromatic carbocycles. The van der Waals surface area contributed by atoms with E-state index in [0.29, 0.717) is 0 Å². The molecular formula is C15H19N3O2. The van der Waals surface area contributed by atoms with Gasteiger partial charge in [0, 0.05) is 24.8 Å². The van der Waals surface area contributed by atoms with Gasteiger partial charge in [-0.3, -0.25) is 14.8 Å². The third kappa shape index (κ3) is 3.05. The average molecular weight is 273 g/mol. The summed E-state index contributed by atoms with van der Waals surface area (Å²) in [7, 11) is 1.86. The van der Waals surface area contributed by atoms with Crippen molar-refractivity contribution in [3.8, 4) is 0 Å². The van der Waals surface area contributed by atoms with Crippen molar-refractivity contribution in [2.24, 2.45) is 7.05 Å². The van der Waals surface area contributed by atoms with Crippen molar-refractivity contribution in [3.05, 3.63) is 53.3 Å². The number of hydrogen-bond acceptors (Lipinski definition) is 3. The van der Waals surface area contributed by atoms with Crippen molar-refractivity contribution < 1.29 is 9.90 Å². The zero-order valence-corrected chi connectivity index (χ0v) is 11.9. The van der Waals surface area contributed by atoms with E-state index in [1.54, 1.807) is 4.68 Å². The van der Waals surface area contributed by atoms with E-state index in [4.69, 9.17) is 0 Å². The van der Waals surface area contributed by atoms with E-state index in [0.717, 1.165) is 16.8 Å². The van der Waals surface area contributed by atoms with Crippen LogP contribution in [0.5, 0.6) is 0 Å². The highest BCUT2D eigenvalue weighted by molar-refractivity contribution is 5.75. The number of aliphatic carboxylic acids is 1. The molecule has 1 aromatic heterocycles. The number of rotatable bonds is 5. The maximum Gasteiger partial charge on any atom is 0.325 e. The fraction of sp³-hybridized carbons (Fsp3) is 0.333. The normalized spacial score (nSPS) is 13.9. The molecule has 0 aliphatic rings. The molecule has 20 heavy (non-hydrogen) atoms. The van der Waals surface area contributed by atoms with Gasteiger partial charge in [0.2, 0.25) is 0 Å². The van der Waals surface area contributed by atoms with E-state index in [1.165, 1.54) is 0 Å². The number of carboxylic acids is 1. The number of benzene rings is 1. The molecule has 2 N–H and O–H groups in total. The first-order chi connectivity index (χ1) is 9.49. The van der Waals surface area contributed by atoms with Gasteiger partial charge in [-0.05, 0) is 19.4 Å². The molecule has 5 nitrogen and oxygen atoms in total. The Morgan fingerprint density at radius 3 is 2.50 bits per heavy atom. The zero-order chi connectivity index (χ0) is 14.7. The van der Waals surface area contributed by atoms with E-state index in [2.05, 4.69) is 10.4 Å². The van der Waals surface area contributed by atoms with Crippen LogP contribution in [0.3, 0.4) is 0 Å². The van der Waals surface area contributed by atoms with Gasteiger partial charge >= 0.3 is 5.97 Å². The second kappa shape index (κ2) is 5.88. The van der Waals surface area contributed by atoms with Crippen LogP contribution >= 0.6 is 0 Å². The van der Waals surface area contributed by atoms with Gasteiger partial charge in [-0.25, -0.2) is 0 Å². The van der Waals surface area contributed by atoms with Crippen molar-refractivity contribution in [2.45, 2.75) is 25.9 Å². The lowest BCUT2D eigenvalue weighted by Crippen LogP contribution is -2.30. The van der Waals surface area contributed by atoms with Crippen LogP contribution in [0, 0.1) is 6.92 Å². The average Bonchev–Trinajstić information content (AvgIpc) is 2.75. The van der Waals surface area contributed by atoms with Gasteiger partial charge in [-0.15, -0.1) is 0 Å². The Hall–Kier alpha value is -2.14. The molecule has 0 fully saturated rings. The quantitative estimate of drug-likeness (QED) is 0.876. The van der Waals surface area contributed by atoms with Crippen LogP contribution in [0.1, 0.15) is 35.8 Å². The second-order valence-electron chi connectivity index (χ2n) is 4.91. The van der Waals surface area contributed by atoms with Crippen molar-refractivity contribution in [2.75, 3.05) is 0 Å². The first-order valence-corrected chi connectivity index (χ1v) is 6.53. The molecule has 2 rings (SSSR count). The van der Waals surface area contributed by atoms with Gasteiger partial charge in [0.15, 0.2) is 0 Å². The number of aryl methyl sites for hydroxylation is 2. The van der Waals surface area contributed by atoms with Gasteiger partial charge in [-0.2, -0.15) is 5.10 Å². The minimum atomic E-state index is -0.885. The Balaban J connectivity index is 2.21. The predicted octanol–water partition coefficient (Wildman–Crippen LogP) is 2.21. The monoisotopic (exact) mass is 273 g/mol. The number of hydrogen-bond donors (Lipinski definition) is 2. The third-order valence-electron chi connectivity index (χ3n) is 3.31. The van der Waals surface area contributed by atoms with Crippen LogP contribution in [0.4, 0.5) is 0 Å². The Bertz CT molecular complexity index is 592. The van der Waals surface area contributed by atoms with E-state index in [9.17, 15) is 9.90 Å². The third-order valence-corrected chi connectivity index (χ3v) is 3.31. The van der Waals surface area contributed by atoms with Gasteiger partial charge in [-0.1, -0.05) is 30.3 Å². The van der Waals surface area contributed by atoms with Crippen LogP contribution < -0.4 is 5.32 Å². The topological polar surface area (TPSA) is 67.2 Å². The summed E-state index contributed by atoms with van der Waals surface area (Å²) in [4.78, 5) is 11.5. The van der Waals surface area contributed by atoms with Crippen molar-refractivity contribution in [1.29, 1.82) is 0 Å². The zero-order valence-electron chi connectivity index (χ0n) is 11.9. The predicted molar refractivity (Wildman–Crippen MR) is 76.3 cm³/mol. The van der Waals surface area contributed by atoms with Crippen LogP contribution in [0.2, 0.25) is 0 Å². The molecule has 0 radical (unpaired) electrons. The van der Waals surface area contributed by atoms with E-state index in [1.807, 2.05) is 57.4 Å². The molecule has 106 valence electrons. The van der Waals surface area contributed by atoms with Crippen molar-refractivity contribution in [3.63, 3.8) is 0 Å². The van der Waals surface area contributed by atoms with E-state index < -0.39 is 12.0 Å². The van der Waals surface area contributed by atoms with Crippen molar-refractivity contribution >= 4 is 5.97 Å². The Labute approximate surface area is 118 Å². The summed E-state index contributed by atoms with van der Waals surface area (Å²) in [6, 6.07) is 8.36. The maximum atomic E-state index is 11.5. The molecule has 5 heteroatoms. The van der Waals surface area contributed by atoms with Crippen LogP contribution in [0.25, 0.3) is 0 Å². The van der Waals surface area contributed by atoms with Gasteiger partial charge in [0.25, 0.3) is 0 Å². The molecule has 0 aliphatic heterocycles. The largest absolute Gasteiger partial charge is 0.480 e. The molecule has 2 aromatic rings. The van der Waals surface area contributed by atoms with Gasteiger partial charge in [0.05, 0.1) is 5.69 Å². The summed E-state index contributed by atoms with van der Waals surface area (Å²) in [5, 5.41) is 16.9. The Morgan fingerprint density at radius 1 is 1.35 bits per heavy atom. The Morgan fingerprint density at radius 2 is 2.00 bits per heavy atom. The lowest BCUT2D eigenvalue weighted by atomic mass is 10.0. The molecule has 0 amide bonds. The summed E-state index contributed by atoms with van der Waals surface area (Å²) in [6.07, 6.45) is 1.91. The molecule has 0 saturated heterocycles. The van der Waals surface area contributed by atoms with Crippen LogP contribution in [0.15, 0.2) is 36.5 Å². The van der Waals surface area contributed by atoms with Crippen LogP contribution in [-0.4, -0.2) is 20.9 Å². The maximum absolute atomic E-state index is 11.5. The van der Waals surface area contributed by atoms with Crippen molar-refractivity contribution in [1.82, 2.24) is 15.1 Å². The first-order valence-electron chi connectivity index (χ1n) is 6.53. The lowest BCUT2D eigenvalue weighted by Gasteiger charge is -2.20. The standard InChI is InChI=1S/C15H19N3O2/c1-10(13-9-18(3)17-11(13)2)16-14(15(19)20)12-7-5-4-6-8-12/h4-10,14,16H,1-3H3,(H,19,20). The molecule has 1 heterocycles. The van der Waals surface area contributed by atoms with Gasteiger partial charge in [0.1, 0.15) is 6.04 Å². The molecule has 0 saturated carbocycles. The Kier molecular flexibility index (Phi) is 4.20. The molecule has 0 aliphatic carbocycles. The smallest absolute Gasteiger partial charge is 0.325 e. The molecule has 2 unspecified atom stereocenters. The fourth-order valence-electron chi connectivity index (χ4n) is 2.34. The van der Waals surface area contributed by atoms with E-state index in [-0.39, 0.29) is 6.04 Å². The SMILES string of the molecule is Cc1nn(C)cc1C(C)NC(C(=O)O)c1ccccc1. The molecule has 2 atom stereocenters. The fourth-order valence-corrected chi connectivity index (χ4v) is 2.34. The highest BCUT2D eigenvalue weighted by Crippen LogP contribution is 2.21. The number of carbonyl (C=O) groups is 1. The molecule has 0 spiro atoms. The summed E-state index contributed by atoms with van der Waals surface area (Å²) >= 11 is 0. The first kappa shape index (κ1) is 14.3. The summed E-state index contributed by atoms with van der Waals surface area (Å²) in [5.41, 5.74) is 2.66. The van der Waals surface area contributed by atoms with Crippen LogP contribution in [-0.2, 0) is 11.8 Å². The number of aromatic nitrogens is 2. The summed E-state index contributed by atoms with van der Waals surface area (Å²) in [6.45, 7) is 3.87. The van der Waals surface area contributed by atoms with Gasteiger partial charge < -0.3 is 5.11 Å². The summed E-state index contributed by atoms with van der Waals surface area (Å²) < 4.78 is 1.74. The minimum Gasteiger partial charge on any atom is -0.480 e.